The van der Waals surface area contributed by atoms with Crippen molar-refractivity contribution >= 4 is 92.9 Å². The Morgan fingerprint density at radius 2 is 1.83 bits per heavy atom. The molecule has 0 atom stereocenters. The van der Waals surface area contributed by atoms with Crippen LogP contribution in [0.1, 0.15) is 11.1 Å². The van der Waals surface area contributed by atoms with E-state index in [1.165, 1.54) is 34.0 Å². The third-order valence-corrected chi connectivity index (χ3v) is 8.06. The number of nitrogen functional groups attached to an aromatic ring is 1. The molecule has 1 amide bonds. The Balaban J connectivity index is 1.24. The van der Waals surface area contributed by atoms with Gasteiger partial charge in [-0.3, -0.25) is 10.1 Å². The summed E-state index contributed by atoms with van der Waals surface area (Å²) < 4.78 is 1.93. The molecule has 0 aliphatic rings. The van der Waals surface area contributed by atoms with Gasteiger partial charge < -0.3 is 5.84 Å². The first-order chi connectivity index (χ1) is 17.4. The van der Waals surface area contributed by atoms with Gasteiger partial charge >= 0.3 is 0 Å². The second kappa shape index (κ2) is 12.6. The molecule has 0 unspecified atom stereocenters. The summed E-state index contributed by atoms with van der Waals surface area (Å²) in [5, 5.41) is 25.2. The van der Waals surface area contributed by atoms with Crippen molar-refractivity contribution in [2.24, 2.45) is 5.10 Å². The SMILES string of the molecule is Nn1c(N/N=C/c2ccc(Cl)cc2Cl)nnc1SCC(=O)Nc1nnc(SCc2ccc(Cl)cc2)s1. The number of hydrogen-bond donors (Lipinski definition) is 3. The summed E-state index contributed by atoms with van der Waals surface area (Å²) in [6, 6.07) is 12.6. The molecule has 186 valence electrons. The highest BCUT2D eigenvalue weighted by atomic mass is 35.5. The van der Waals surface area contributed by atoms with Crippen LogP contribution < -0.4 is 16.6 Å². The van der Waals surface area contributed by atoms with Gasteiger partial charge in [0.05, 0.1) is 17.0 Å². The van der Waals surface area contributed by atoms with Crippen LogP contribution in [0.25, 0.3) is 0 Å². The fourth-order valence-corrected chi connectivity index (χ4v) is 5.51. The van der Waals surface area contributed by atoms with E-state index in [-0.39, 0.29) is 17.6 Å². The van der Waals surface area contributed by atoms with Crippen molar-refractivity contribution in [2.45, 2.75) is 15.2 Å². The van der Waals surface area contributed by atoms with Crippen LogP contribution in [0.15, 0.2) is 57.1 Å². The average Bonchev–Trinajstić information content (AvgIpc) is 3.45. The van der Waals surface area contributed by atoms with Crippen LogP contribution >= 0.6 is 69.7 Å². The van der Waals surface area contributed by atoms with Crippen molar-refractivity contribution in [3.63, 3.8) is 0 Å². The molecule has 2 aromatic heterocycles. The number of hydrogen-bond acceptors (Lipinski definition) is 11. The average molecular weight is 601 g/mol. The van der Waals surface area contributed by atoms with Crippen molar-refractivity contribution in [3.05, 3.63) is 68.7 Å². The van der Waals surface area contributed by atoms with Gasteiger partial charge in [0.2, 0.25) is 16.2 Å². The smallest absolute Gasteiger partial charge is 0.264 e. The Bertz CT molecular complexity index is 1380. The second-order valence-electron chi connectivity index (χ2n) is 6.84. The molecule has 0 spiro atoms. The number of halogens is 3. The number of nitrogens with zero attached hydrogens (tertiary/aromatic N) is 6. The monoisotopic (exact) mass is 599 g/mol. The predicted octanol–water partition coefficient (Wildman–Crippen LogP) is 5.27. The van der Waals surface area contributed by atoms with E-state index < -0.39 is 0 Å². The van der Waals surface area contributed by atoms with Crippen LogP contribution in [-0.2, 0) is 10.5 Å². The fraction of sp³-hybridized carbons (Fsp3) is 0.100. The molecule has 2 heterocycles. The molecule has 36 heavy (non-hydrogen) atoms. The minimum absolute atomic E-state index is 0.0474. The number of benzene rings is 2. The van der Waals surface area contributed by atoms with Gasteiger partial charge in [0.15, 0.2) is 4.34 Å². The van der Waals surface area contributed by atoms with Crippen molar-refractivity contribution in [1.82, 2.24) is 25.1 Å². The maximum Gasteiger partial charge on any atom is 0.264 e. The summed E-state index contributed by atoms with van der Waals surface area (Å²) in [6.45, 7) is 0. The zero-order valence-corrected chi connectivity index (χ0v) is 22.8. The molecule has 0 fully saturated rings. The molecule has 10 nitrogen and oxygen atoms in total. The lowest BCUT2D eigenvalue weighted by molar-refractivity contribution is -0.113. The molecule has 0 saturated heterocycles. The summed E-state index contributed by atoms with van der Waals surface area (Å²) in [5.74, 6) is 6.66. The number of rotatable bonds is 10. The zero-order valence-electron chi connectivity index (χ0n) is 18.1. The summed E-state index contributed by atoms with van der Waals surface area (Å²) >= 11 is 21.8. The van der Waals surface area contributed by atoms with E-state index in [1.807, 2.05) is 24.3 Å². The summed E-state index contributed by atoms with van der Waals surface area (Å²) in [5.41, 5.74) is 4.45. The number of aromatic nitrogens is 5. The van der Waals surface area contributed by atoms with Crippen molar-refractivity contribution in [3.8, 4) is 0 Å². The Labute approximate surface area is 233 Å². The Morgan fingerprint density at radius 1 is 1.06 bits per heavy atom. The molecule has 4 N–H and O–H groups in total. The first-order valence-electron chi connectivity index (χ1n) is 9.95. The molecule has 4 aromatic rings. The molecular formula is C20H16Cl3N9OS3. The van der Waals surface area contributed by atoms with Gasteiger partial charge in [-0.25, -0.2) is 10.1 Å². The van der Waals surface area contributed by atoms with Crippen molar-refractivity contribution < 1.29 is 4.79 Å². The van der Waals surface area contributed by atoms with Crippen LogP contribution in [0.5, 0.6) is 0 Å². The Kier molecular flexibility index (Phi) is 9.29. The van der Waals surface area contributed by atoms with Crippen molar-refractivity contribution in [1.29, 1.82) is 0 Å². The van der Waals surface area contributed by atoms with Crippen LogP contribution in [0.4, 0.5) is 11.1 Å². The number of anilines is 2. The molecule has 0 radical (unpaired) electrons. The van der Waals surface area contributed by atoms with Gasteiger partial charge in [0.1, 0.15) is 0 Å². The lowest BCUT2D eigenvalue weighted by atomic mass is 10.2. The quantitative estimate of drug-likeness (QED) is 0.0731. The van der Waals surface area contributed by atoms with E-state index in [0.717, 1.165) is 27.4 Å². The molecule has 4 rings (SSSR count). The Hall–Kier alpha value is -2.55. The molecule has 0 saturated carbocycles. The first-order valence-corrected chi connectivity index (χ1v) is 13.9. The van der Waals surface area contributed by atoms with Gasteiger partial charge in [0.25, 0.3) is 5.95 Å². The molecule has 0 aliphatic heterocycles. The Morgan fingerprint density at radius 3 is 2.61 bits per heavy atom. The standard InChI is InChI=1S/C20H16Cl3N9OS3/c21-13-4-1-11(2-5-13)9-35-20-31-29-18(36-20)26-16(33)10-34-19-30-28-17(32(19)24)27-25-8-12-3-6-14(22)7-15(12)23/h1-8H,9-10,24H2,(H,27,28)(H,26,29,33)/b25-8+. The van der Waals surface area contributed by atoms with E-state index in [1.54, 1.807) is 18.2 Å². The number of amides is 1. The molecular weight excluding hydrogens is 585 g/mol. The number of hydrazone groups is 1. The zero-order chi connectivity index (χ0) is 25.5. The van der Waals surface area contributed by atoms with E-state index in [0.29, 0.717) is 30.9 Å². The normalized spacial score (nSPS) is 11.2. The maximum atomic E-state index is 12.3. The third kappa shape index (κ3) is 7.48. The lowest BCUT2D eigenvalue weighted by Crippen LogP contribution is -2.16. The summed E-state index contributed by atoms with van der Waals surface area (Å²) in [6.07, 6.45) is 1.50. The van der Waals surface area contributed by atoms with E-state index in [2.05, 4.69) is 36.2 Å². The van der Waals surface area contributed by atoms with Gasteiger partial charge in [-0.1, -0.05) is 87.9 Å². The lowest BCUT2D eigenvalue weighted by Gasteiger charge is -2.03. The molecule has 0 aliphatic carbocycles. The minimum atomic E-state index is -0.279. The first kappa shape index (κ1) is 26.5. The number of thioether (sulfide) groups is 2. The second-order valence-corrected chi connectivity index (χ2v) is 11.3. The number of nitrogens with two attached hydrogens (primary N) is 1. The van der Waals surface area contributed by atoms with Gasteiger partial charge in [0, 0.05) is 21.4 Å². The minimum Gasteiger partial charge on any atom is -0.334 e. The number of carbonyl (C=O) groups excluding carboxylic acids is 1. The largest absolute Gasteiger partial charge is 0.334 e. The maximum absolute atomic E-state index is 12.3. The van der Waals surface area contributed by atoms with E-state index >= 15 is 0 Å². The van der Waals surface area contributed by atoms with Gasteiger partial charge in [-0.05, 0) is 29.8 Å². The van der Waals surface area contributed by atoms with Crippen LogP contribution in [0.3, 0.4) is 0 Å². The van der Waals surface area contributed by atoms with Crippen LogP contribution in [-0.4, -0.2) is 42.9 Å². The third-order valence-electron chi connectivity index (χ3n) is 4.26. The highest BCUT2D eigenvalue weighted by molar-refractivity contribution is 8.00. The molecule has 0 bridgehead atoms. The highest BCUT2D eigenvalue weighted by Crippen LogP contribution is 2.29. The van der Waals surface area contributed by atoms with Crippen LogP contribution in [0, 0.1) is 0 Å². The van der Waals surface area contributed by atoms with Gasteiger partial charge in [-0.2, -0.15) is 5.10 Å². The molecule has 16 heteroatoms. The van der Waals surface area contributed by atoms with Crippen LogP contribution in [0.2, 0.25) is 15.1 Å². The highest BCUT2D eigenvalue weighted by Gasteiger charge is 2.14. The van der Waals surface area contributed by atoms with Gasteiger partial charge in [-0.15, -0.1) is 20.4 Å². The summed E-state index contributed by atoms with van der Waals surface area (Å²) in [4.78, 5) is 12.3. The van der Waals surface area contributed by atoms with Crippen molar-refractivity contribution in [2.75, 3.05) is 22.3 Å². The fourth-order valence-electron chi connectivity index (χ4n) is 2.55. The topological polar surface area (TPSA) is 136 Å². The van der Waals surface area contributed by atoms with E-state index in [9.17, 15) is 4.79 Å². The number of nitrogens with one attached hydrogen (secondary N) is 2. The van der Waals surface area contributed by atoms with E-state index in [4.69, 9.17) is 40.6 Å². The summed E-state index contributed by atoms with van der Waals surface area (Å²) in [7, 11) is 0. The molecule has 2 aromatic carbocycles. The predicted molar refractivity (Wildman–Crippen MR) is 148 cm³/mol. The number of carbonyl (C=O) groups is 1.